The molecule has 1 aromatic carbocycles. The molecule has 0 saturated carbocycles. The van der Waals surface area contributed by atoms with Crippen LogP contribution < -0.4 is 5.32 Å². The van der Waals surface area contributed by atoms with Crippen LogP contribution in [0.5, 0.6) is 0 Å². The Bertz CT molecular complexity index is 952. The number of dihydropyridines is 1. The molecule has 0 spiro atoms. The molecule has 30 heavy (non-hydrogen) atoms. The second-order valence-electron chi connectivity index (χ2n) is 6.50. The number of allylic oxidation sites excluding steroid dienone is 1. The second kappa shape index (κ2) is 10.1. The molecule has 162 valence electrons. The van der Waals surface area contributed by atoms with E-state index in [1.807, 2.05) is 0 Å². The van der Waals surface area contributed by atoms with Crippen LogP contribution >= 0.6 is 0 Å². The predicted octanol–water partition coefficient (Wildman–Crippen LogP) is 2.31. The van der Waals surface area contributed by atoms with Gasteiger partial charge in [0.1, 0.15) is 0 Å². The van der Waals surface area contributed by atoms with Crippen LogP contribution in [0.3, 0.4) is 0 Å². The van der Waals surface area contributed by atoms with Gasteiger partial charge in [-0.15, -0.1) is 0 Å². The molecule has 1 aliphatic rings. The highest BCUT2D eigenvalue weighted by molar-refractivity contribution is 7.84. The number of benzene rings is 1. The van der Waals surface area contributed by atoms with Crippen LogP contribution in [0.1, 0.15) is 32.3 Å². The number of nitro benzene ring substituents is 1. The van der Waals surface area contributed by atoms with Crippen molar-refractivity contribution in [2.45, 2.75) is 26.7 Å². The first kappa shape index (κ1) is 23.3. The fourth-order valence-corrected chi connectivity index (χ4v) is 3.93. The highest BCUT2D eigenvalue weighted by Gasteiger charge is 2.39. The molecule has 10 heteroatoms. The van der Waals surface area contributed by atoms with E-state index >= 15 is 0 Å². The number of nitro groups is 1. The van der Waals surface area contributed by atoms with Gasteiger partial charge in [0.15, 0.2) is 0 Å². The fourth-order valence-electron chi connectivity index (χ4n) is 3.29. The first-order chi connectivity index (χ1) is 14.2. The van der Waals surface area contributed by atoms with Gasteiger partial charge in [-0.05, 0) is 26.3 Å². The molecule has 0 aromatic heterocycles. The van der Waals surface area contributed by atoms with Crippen molar-refractivity contribution >= 4 is 28.4 Å². The number of carbonyl (C=O) groups is 2. The van der Waals surface area contributed by atoms with Gasteiger partial charge in [-0.1, -0.05) is 12.1 Å². The zero-order valence-electron chi connectivity index (χ0n) is 17.2. The lowest BCUT2D eigenvalue weighted by Crippen LogP contribution is -2.35. The number of rotatable bonds is 8. The highest BCUT2D eigenvalue weighted by atomic mass is 32.2. The van der Waals surface area contributed by atoms with Gasteiger partial charge in [-0.2, -0.15) is 0 Å². The summed E-state index contributed by atoms with van der Waals surface area (Å²) >= 11 is 0. The van der Waals surface area contributed by atoms with E-state index in [1.165, 1.54) is 24.5 Å². The van der Waals surface area contributed by atoms with E-state index in [0.717, 1.165) is 0 Å². The standard InChI is InChI=1S/C20H24N2O7S/c1-5-28-19(23)16-12(3)21-15(11-30(4)27)18(20(24)29-6-2)17(16)13-8-7-9-14(10-13)22(25)26/h7-10,17,21H,5-6,11H2,1-4H3. The van der Waals surface area contributed by atoms with Crippen molar-refractivity contribution in [1.82, 2.24) is 5.32 Å². The molecule has 2 unspecified atom stereocenters. The first-order valence-corrected chi connectivity index (χ1v) is 11.0. The van der Waals surface area contributed by atoms with Crippen molar-refractivity contribution in [2.24, 2.45) is 0 Å². The average Bonchev–Trinajstić information content (AvgIpc) is 2.67. The van der Waals surface area contributed by atoms with Gasteiger partial charge in [0.05, 0.1) is 41.0 Å². The van der Waals surface area contributed by atoms with Crippen LogP contribution in [-0.4, -0.2) is 46.3 Å². The third kappa shape index (κ3) is 5.12. The number of nitrogens with zero attached hydrogens (tertiary/aromatic N) is 1. The Labute approximate surface area is 176 Å². The lowest BCUT2D eigenvalue weighted by atomic mass is 9.80. The quantitative estimate of drug-likeness (QED) is 0.374. The van der Waals surface area contributed by atoms with Gasteiger partial charge in [0.2, 0.25) is 0 Å². The van der Waals surface area contributed by atoms with E-state index in [1.54, 1.807) is 26.8 Å². The molecule has 0 radical (unpaired) electrons. The van der Waals surface area contributed by atoms with Crippen molar-refractivity contribution in [3.05, 3.63) is 62.5 Å². The molecule has 0 fully saturated rings. The van der Waals surface area contributed by atoms with E-state index in [9.17, 15) is 23.9 Å². The van der Waals surface area contributed by atoms with Crippen molar-refractivity contribution in [3.8, 4) is 0 Å². The normalized spacial score (nSPS) is 17.3. The Morgan fingerprint density at radius 1 is 1.17 bits per heavy atom. The zero-order chi connectivity index (χ0) is 22.4. The Balaban J connectivity index is 2.78. The summed E-state index contributed by atoms with van der Waals surface area (Å²) in [6.45, 7) is 5.13. The maximum atomic E-state index is 12.9. The highest BCUT2D eigenvalue weighted by Crippen LogP contribution is 2.40. The van der Waals surface area contributed by atoms with E-state index < -0.39 is 33.6 Å². The van der Waals surface area contributed by atoms with Crippen molar-refractivity contribution in [1.29, 1.82) is 0 Å². The molecular weight excluding hydrogens is 412 g/mol. The molecule has 1 aliphatic heterocycles. The summed E-state index contributed by atoms with van der Waals surface area (Å²) in [6, 6.07) is 5.70. The minimum absolute atomic E-state index is 0.0209. The number of hydrogen-bond donors (Lipinski definition) is 1. The van der Waals surface area contributed by atoms with E-state index in [-0.39, 0.29) is 35.8 Å². The van der Waals surface area contributed by atoms with Crippen molar-refractivity contribution < 1.29 is 28.2 Å². The number of esters is 2. The van der Waals surface area contributed by atoms with Crippen LogP contribution in [0.2, 0.25) is 0 Å². The average molecular weight is 436 g/mol. The van der Waals surface area contributed by atoms with Crippen LogP contribution in [0.25, 0.3) is 0 Å². The predicted molar refractivity (Wildman–Crippen MR) is 111 cm³/mol. The molecule has 0 bridgehead atoms. The number of carbonyl (C=O) groups excluding carboxylic acids is 2. The largest absolute Gasteiger partial charge is 0.463 e. The summed E-state index contributed by atoms with van der Waals surface area (Å²) in [5, 5.41) is 14.3. The van der Waals surface area contributed by atoms with Gasteiger partial charge < -0.3 is 14.8 Å². The van der Waals surface area contributed by atoms with E-state index in [2.05, 4.69) is 5.32 Å². The fraction of sp³-hybridized carbons (Fsp3) is 0.400. The van der Waals surface area contributed by atoms with Crippen LogP contribution in [-0.2, 0) is 29.9 Å². The Kier molecular flexibility index (Phi) is 7.87. The number of hydrogen-bond acceptors (Lipinski definition) is 8. The van der Waals surface area contributed by atoms with Crippen LogP contribution in [0, 0.1) is 10.1 Å². The summed E-state index contributed by atoms with van der Waals surface area (Å²) in [6.07, 6.45) is 1.49. The summed E-state index contributed by atoms with van der Waals surface area (Å²) in [4.78, 5) is 36.4. The third-order valence-electron chi connectivity index (χ3n) is 4.40. The number of nitrogens with one attached hydrogen (secondary N) is 1. The summed E-state index contributed by atoms with van der Waals surface area (Å²) < 4.78 is 22.3. The molecule has 1 aromatic rings. The maximum Gasteiger partial charge on any atom is 0.336 e. The molecule has 2 rings (SSSR count). The summed E-state index contributed by atoms with van der Waals surface area (Å²) in [7, 11) is -1.30. The SMILES string of the molecule is CCOC(=O)C1=C(C)NC(CS(C)=O)=C(C(=O)OCC)C1c1cccc([N+](=O)[O-])c1. The number of ether oxygens (including phenoxy) is 2. The minimum Gasteiger partial charge on any atom is -0.463 e. The van der Waals surface area contributed by atoms with E-state index in [4.69, 9.17) is 9.47 Å². The van der Waals surface area contributed by atoms with Crippen molar-refractivity contribution in [3.63, 3.8) is 0 Å². The molecule has 9 nitrogen and oxygen atoms in total. The van der Waals surface area contributed by atoms with Gasteiger partial charge in [-0.25, -0.2) is 9.59 Å². The topological polar surface area (TPSA) is 125 Å². The molecule has 2 atom stereocenters. The maximum absolute atomic E-state index is 12.9. The van der Waals surface area contributed by atoms with Gasteiger partial charge in [0.25, 0.3) is 5.69 Å². The molecule has 1 heterocycles. The Hall–Kier alpha value is -3.01. The Morgan fingerprint density at radius 3 is 2.30 bits per heavy atom. The minimum atomic E-state index is -1.30. The van der Waals surface area contributed by atoms with Gasteiger partial charge in [0, 0.05) is 40.6 Å². The third-order valence-corrected chi connectivity index (χ3v) is 5.09. The molecule has 1 N–H and O–H groups in total. The first-order valence-electron chi connectivity index (χ1n) is 9.30. The lowest BCUT2D eigenvalue weighted by molar-refractivity contribution is -0.384. The summed E-state index contributed by atoms with van der Waals surface area (Å²) in [5.74, 6) is -2.30. The lowest BCUT2D eigenvalue weighted by Gasteiger charge is -2.31. The second-order valence-corrected chi connectivity index (χ2v) is 7.93. The molecule has 0 saturated heterocycles. The zero-order valence-corrected chi connectivity index (χ0v) is 18.0. The summed E-state index contributed by atoms with van der Waals surface area (Å²) in [5.41, 5.74) is 1.16. The molecular formula is C20H24N2O7S. The van der Waals surface area contributed by atoms with Gasteiger partial charge in [-0.3, -0.25) is 14.3 Å². The molecule has 0 amide bonds. The monoisotopic (exact) mass is 436 g/mol. The molecule has 0 aliphatic carbocycles. The van der Waals surface area contributed by atoms with Crippen LogP contribution in [0.15, 0.2) is 46.8 Å². The van der Waals surface area contributed by atoms with Gasteiger partial charge >= 0.3 is 11.9 Å². The van der Waals surface area contributed by atoms with Crippen molar-refractivity contribution in [2.75, 3.05) is 25.2 Å². The van der Waals surface area contributed by atoms with Crippen LogP contribution in [0.4, 0.5) is 5.69 Å². The smallest absolute Gasteiger partial charge is 0.336 e. The van der Waals surface area contributed by atoms with E-state index in [0.29, 0.717) is 17.0 Å². The number of non-ortho nitro benzene ring substituents is 1. The Morgan fingerprint density at radius 2 is 1.77 bits per heavy atom.